The summed E-state index contributed by atoms with van der Waals surface area (Å²) in [6.07, 6.45) is 7.57. The van der Waals surface area contributed by atoms with Gasteiger partial charge < -0.3 is 4.74 Å². The van der Waals surface area contributed by atoms with E-state index in [1.807, 2.05) is 12.1 Å². The van der Waals surface area contributed by atoms with Crippen molar-refractivity contribution in [3.05, 3.63) is 88.7 Å². The highest BCUT2D eigenvalue weighted by Gasteiger charge is 2.41. The molecule has 1 aliphatic carbocycles. The van der Waals surface area contributed by atoms with Gasteiger partial charge in [0.25, 0.3) is 0 Å². The van der Waals surface area contributed by atoms with Gasteiger partial charge >= 0.3 is 6.11 Å². The first kappa shape index (κ1) is 29.9. The first-order valence-electron chi connectivity index (χ1n) is 13.9. The van der Waals surface area contributed by atoms with E-state index in [-0.39, 0.29) is 17.7 Å². The summed E-state index contributed by atoms with van der Waals surface area (Å²) in [5, 5.41) is 0. The van der Waals surface area contributed by atoms with E-state index in [1.54, 1.807) is 12.1 Å². The van der Waals surface area contributed by atoms with Gasteiger partial charge in [0.1, 0.15) is 22.9 Å². The number of benzene rings is 3. The Bertz CT molecular complexity index is 1240. The highest BCUT2D eigenvalue weighted by Crippen LogP contribution is 2.38. The second kappa shape index (κ2) is 13.1. The number of hydrogen-bond acceptors (Lipinski definition) is 1. The van der Waals surface area contributed by atoms with Gasteiger partial charge in [-0.05, 0) is 53.5 Å². The van der Waals surface area contributed by atoms with Crippen LogP contribution in [0.25, 0.3) is 11.1 Å². The average Bonchev–Trinajstić information content (AvgIpc) is 3.14. The SMILES string of the molecule is CCCCC1CCCC(CCc2ccc(-c3cc(F)c(C(F)(F)Oc4cc(F)c(F)c(F)c4)c(F)c3)cc2)CC1. The molecule has 40 heavy (non-hydrogen) atoms. The summed E-state index contributed by atoms with van der Waals surface area (Å²) >= 11 is 0. The summed E-state index contributed by atoms with van der Waals surface area (Å²) in [7, 11) is 0. The molecule has 0 radical (unpaired) electrons. The van der Waals surface area contributed by atoms with Crippen LogP contribution in [-0.4, -0.2) is 0 Å². The lowest BCUT2D eigenvalue weighted by atomic mass is 9.91. The summed E-state index contributed by atoms with van der Waals surface area (Å²) in [5.41, 5.74) is -0.153. The number of alkyl halides is 2. The van der Waals surface area contributed by atoms with Crippen molar-refractivity contribution in [2.75, 3.05) is 0 Å². The van der Waals surface area contributed by atoms with Crippen molar-refractivity contribution in [2.45, 2.75) is 77.2 Å². The molecule has 216 valence electrons. The summed E-state index contributed by atoms with van der Waals surface area (Å²) in [6.45, 7) is 2.23. The van der Waals surface area contributed by atoms with Crippen LogP contribution in [0.4, 0.5) is 30.7 Å². The van der Waals surface area contributed by atoms with Gasteiger partial charge in [-0.1, -0.05) is 82.6 Å². The number of hydrogen-bond donors (Lipinski definition) is 0. The van der Waals surface area contributed by atoms with Gasteiger partial charge in [0.2, 0.25) is 0 Å². The zero-order valence-corrected chi connectivity index (χ0v) is 22.4. The predicted octanol–water partition coefficient (Wildman–Crippen LogP) is 10.5. The van der Waals surface area contributed by atoms with E-state index in [4.69, 9.17) is 0 Å². The molecule has 2 unspecified atom stereocenters. The van der Waals surface area contributed by atoms with Crippen LogP contribution in [0.1, 0.15) is 75.8 Å². The van der Waals surface area contributed by atoms with Gasteiger partial charge in [-0.15, -0.1) is 0 Å². The van der Waals surface area contributed by atoms with Crippen LogP contribution in [0, 0.1) is 40.9 Å². The Labute approximate surface area is 230 Å². The van der Waals surface area contributed by atoms with Crippen LogP contribution in [0.5, 0.6) is 5.75 Å². The third-order valence-electron chi connectivity index (χ3n) is 7.84. The molecular formula is C32H33F7O. The summed E-state index contributed by atoms with van der Waals surface area (Å²) in [5.74, 6) is -8.24. The lowest BCUT2D eigenvalue weighted by Gasteiger charge is -2.20. The second-order valence-corrected chi connectivity index (χ2v) is 10.8. The molecule has 3 aromatic carbocycles. The molecule has 8 heteroatoms. The minimum atomic E-state index is -4.62. The Kier molecular flexibility index (Phi) is 9.80. The summed E-state index contributed by atoms with van der Waals surface area (Å²) in [6, 6.07) is 8.94. The third-order valence-corrected chi connectivity index (χ3v) is 7.84. The quantitative estimate of drug-likeness (QED) is 0.135. The van der Waals surface area contributed by atoms with Gasteiger partial charge in [-0.3, -0.25) is 0 Å². The van der Waals surface area contributed by atoms with E-state index in [0.717, 1.165) is 36.5 Å². The van der Waals surface area contributed by atoms with Crippen molar-refractivity contribution in [3.63, 3.8) is 0 Å². The zero-order valence-electron chi connectivity index (χ0n) is 22.4. The molecule has 2 atom stereocenters. The lowest BCUT2D eigenvalue weighted by Crippen LogP contribution is -2.25. The third kappa shape index (κ3) is 7.38. The molecule has 4 rings (SSSR count). The highest BCUT2D eigenvalue weighted by atomic mass is 19.3. The molecule has 0 aromatic heterocycles. The van der Waals surface area contributed by atoms with E-state index >= 15 is 0 Å². The molecule has 0 N–H and O–H groups in total. The van der Waals surface area contributed by atoms with E-state index in [0.29, 0.717) is 11.5 Å². The number of halogens is 7. The van der Waals surface area contributed by atoms with Crippen LogP contribution in [0.2, 0.25) is 0 Å². The molecule has 0 heterocycles. The smallest absolute Gasteiger partial charge is 0.429 e. The zero-order chi connectivity index (χ0) is 28.9. The number of unbranched alkanes of at least 4 members (excludes halogenated alkanes) is 1. The lowest BCUT2D eigenvalue weighted by molar-refractivity contribution is -0.189. The highest BCUT2D eigenvalue weighted by molar-refractivity contribution is 5.64. The number of aryl methyl sites for hydroxylation is 1. The van der Waals surface area contributed by atoms with Gasteiger partial charge in [0.05, 0.1) is 0 Å². The first-order chi connectivity index (χ1) is 19.1. The van der Waals surface area contributed by atoms with Crippen molar-refractivity contribution >= 4 is 0 Å². The van der Waals surface area contributed by atoms with E-state index < -0.39 is 46.5 Å². The maximum atomic E-state index is 14.7. The topological polar surface area (TPSA) is 9.23 Å². The van der Waals surface area contributed by atoms with E-state index in [1.165, 1.54) is 51.4 Å². The fourth-order valence-electron chi connectivity index (χ4n) is 5.57. The maximum absolute atomic E-state index is 14.7. The molecule has 1 aliphatic rings. The fraction of sp³-hybridized carbons (Fsp3) is 0.438. The molecule has 1 nitrogen and oxygen atoms in total. The van der Waals surface area contributed by atoms with Gasteiger partial charge in [0, 0.05) is 12.1 Å². The predicted molar refractivity (Wildman–Crippen MR) is 141 cm³/mol. The maximum Gasteiger partial charge on any atom is 0.432 e. The second-order valence-electron chi connectivity index (χ2n) is 10.8. The van der Waals surface area contributed by atoms with E-state index in [2.05, 4.69) is 11.7 Å². The molecular weight excluding hydrogens is 533 g/mol. The van der Waals surface area contributed by atoms with Crippen molar-refractivity contribution < 1.29 is 35.5 Å². The van der Waals surface area contributed by atoms with Gasteiger partial charge in [-0.25, -0.2) is 22.0 Å². The van der Waals surface area contributed by atoms with Crippen LogP contribution in [0.3, 0.4) is 0 Å². The molecule has 1 fully saturated rings. The summed E-state index contributed by atoms with van der Waals surface area (Å²) in [4.78, 5) is 0. The largest absolute Gasteiger partial charge is 0.432 e. The molecule has 0 spiro atoms. The van der Waals surface area contributed by atoms with E-state index in [9.17, 15) is 30.7 Å². The molecule has 0 aliphatic heterocycles. The number of ether oxygens (including phenoxy) is 1. The standard InChI is InChI=1S/C32H33F7O/c1-2-3-5-20-6-4-7-21(9-8-20)10-11-22-12-14-23(15-13-22)24-16-26(33)30(27(34)17-24)32(38,39)40-25-18-28(35)31(37)29(36)19-25/h12-21H,2-11H2,1H3. The Morgan fingerprint density at radius 3 is 1.88 bits per heavy atom. The first-order valence-corrected chi connectivity index (χ1v) is 13.9. The minimum Gasteiger partial charge on any atom is -0.429 e. The fourth-order valence-corrected chi connectivity index (χ4v) is 5.57. The van der Waals surface area contributed by atoms with Gasteiger partial charge in [-0.2, -0.15) is 8.78 Å². The monoisotopic (exact) mass is 566 g/mol. The van der Waals surface area contributed by atoms with Crippen LogP contribution < -0.4 is 4.74 Å². The van der Waals surface area contributed by atoms with Crippen LogP contribution in [-0.2, 0) is 12.5 Å². The summed E-state index contributed by atoms with van der Waals surface area (Å²) < 4.78 is 103. The Balaban J connectivity index is 1.41. The van der Waals surface area contributed by atoms with Crippen LogP contribution in [0.15, 0.2) is 48.5 Å². The average molecular weight is 567 g/mol. The molecule has 0 amide bonds. The van der Waals surface area contributed by atoms with Crippen molar-refractivity contribution in [1.82, 2.24) is 0 Å². The molecule has 3 aromatic rings. The van der Waals surface area contributed by atoms with Crippen molar-refractivity contribution in [3.8, 4) is 16.9 Å². The van der Waals surface area contributed by atoms with Crippen molar-refractivity contribution in [1.29, 1.82) is 0 Å². The molecule has 0 bridgehead atoms. The minimum absolute atomic E-state index is 0.0434. The molecule has 0 saturated heterocycles. The molecule has 1 saturated carbocycles. The van der Waals surface area contributed by atoms with Crippen LogP contribution >= 0.6 is 0 Å². The Hall–Kier alpha value is -3.03. The Morgan fingerprint density at radius 2 is 1.30 bits per heavy atom. The van der Waals surface area contributed by atoms with Gasteiger partial charge in [0.15, 0.2) is 17.5 Å². The van der Waals surface area contributed by atoms with Crippen molar-refractivity contribution in [2.24, 2.45) is 11.8 Å². The normalized spacial score (nSPS) is 18.0. The Morgan fingerprint density at radius 1 is 0.725 bits per heavy atom. The number of rotatable bonds is 10.